The Labute approximate surface area is 161 Å². The van der Waals surface area contributed by atoms with Crippen molar-refractivity contribution in [3.8, 4) is 0 Å². The summed E-state index contributed by atoms with van der Waals surface area (Å²) in [6, 6.07) is -0.933. The molecule has 1 atom stereocenters. The van der Waals surface area contributed by atoms with E-state index in [1.165, 1.54) is 37.1 Å². The summed E-state index contributed by atoms with van der Waals surface area (Å²) in [6.07, 6.45) is 13.5. The van der Waals surface area contributed by atoms with E-state index in [1.54, 1.807) is 13.1 Å². The molecular weight excluding hydrogens is 346 g/mol. The van der Waals surface area contributed by atoms with E-state index >= 15 is 0 Å². The molecule has 2 aliphatic rings. The molecule has 0 bridgehead atoms. The van der Waals surface area contributed by atoms with Crippen molar-refractivity contribution in [3.05, 3.63) is 0 Å². The van der Waals surface area contributed by atoms with Gasteiger partial charge >= 0.3 is 12.0 Å². The van der Waals surface area contributed by atoms with Crippen LogP contribution in [0.15, 0.2) is 5.10 Å². The molecule has 27 heavy (non-hydrogen) atoms. The fourth-order valence-electron chi connectivity index (χ4n) is 3.79. The van der Waals surface area contributed by atoms with Crippen molar-refractivity contribution in [2.45, 2.75) is 90.0 Å². The summed E-state index contributed by atoms with van der Waals surface area (Å²) in [7, 11) is 0. The molecule has 0 spiro atoms. The molecule has 1 aliphatic heterocycles. The first-order valence-corrected chi connectivity index (χ1v) is 10.4. The highest BCUT2D eigenvalue weighted by molar-refractivity contribution is 6.04. The van der Waals surface area contributed by atoms with Crippen LogP contribution in [0.3, 0.4) is 0 Å². The van der Waals surface area contributed by atoms with Gasteiger partial charge < -0.3 is 4.74 Å². The van der Waals surface area contributed by atoms with Crippen molar-refractivity contribution < 1.29 is 19.1 Å². The van der Waals surface area contributed by atoms with Crippen LogP contribution in [0, 0.1) is 5.92 Å². The van der Waals surface area contributed by atoms with Gasteiger partial charge in [-0.15, -0.1) is 0 Å². The number of hydrogen-bond donors (Lipinski definition) is 1. The highest BCUT2D eigenvalue weighted by Crippen LogP contribution is 2.25. The fourth-order valence-corrected chi connectivity index (χ4v) is 3.79. The third kappa shape index (κ3) is 7.31. The quantitative estimate of drug-likeness (QED) is 0.256. The van der Waals surface area contributed by atoms with Crippen molar-refractivity contribution in [1.82, 2.24) is 10.3 Å². The van der Waals surface area contributed by atoms with Crippen molar-refractivity contribution in [2.24, 2.45) is 11.0 Å². The minimum atomic E-state index is -0.509. The number of amides is 3. The molecule has 0 aromatic rings. The maximum atomic E-state index is 12.0. The first-order chi connectivity index (χ1) is 13.1. The monoisotopic (exact) mass is 379 g/mol. The second-order valence-electron chi connectivity index (χ2n) is 7.45. The Bertz CT molecular complexity index is 529. The van der Waals surface area contributed by atoms with Gasteiger partial charge in [-0.1, -0.05) is 51.4 Å². The number of urea groups is 1. The molecule has 0 aromatic heterocycles. The molecule has 3 amide bonds. The second kappa shape index (κ2) is 11.7. The van der Waals surface area contributed by atoms with E-state index in [0.29, 0.717) is 25.4 Å². The highest BCUT2D eigenvalue weighted by Gasteiger charge is 2.37. The van der Waals surface area contributed by atoms with E-state index in [-0.39, 0.29) is 11.9 Å². The van der Waals surface area contributed by atoms with Crippen LogP contribution in [0.1, 0.15) is 84.0 Å². The average Bonchev–Trinajstić information content (AvgIpc) is 2.92. The van der Waals surface area contributed by atoms with Gasteiger partial charge in [0.2, 0.25) is 0 Å². The molecule has 0 aromatic carbocycles. The van der Waals surface area contributed by atoms with E-state index in [4.69, 9.17) is 4.74 Å². The zero-order chi connectivity index (χ0) is 19.5. The summed E-state index contributed by atoms with van der Waals surface area (Å²) in [5.41, 5.74) is 0. The van der Waals surface area contributed by atoms with Gasteiger partial charge in [0.05, 0.1) is 6.61 Å². The standard InChI is InChI=1S/C20H33N3O4/c1-2-27-18(24)13-9-4-3-8-12-17-19(25)22-20(26)23(17)21-15-14-16-10-6-5-7-11-16/h15-17H,2-14H2,1H3,(H,22,25,26)/b21-15+. The van der Waals surface area contributed by atoms with Gasteiger partial charge in [0.25, 0.3) is 5.91 Å². The van der Waals surface area contributed by atoms with Crippen LogP contribution in [0.5, 0.6) is 0 Å². The third-order valence-electron chi connectivity index (χ3n) is 5.32. The maximum absolute atomic E-state index is 12.0. The predicted octanol–water partition coefficient (Wildman–Crippen LogP) is 3.77. The predicted molar refractivity (Wildman–Crippen MR) is 103 cm³/mol. The van der Waals surface area contributed by atoms with Crippen LogP contribution >= 0.6 is 0 Å². The topological polar surface area (TPSA) is 88.1 Å². The van der Waals surface area contributed by atoms with Crippen LogP contribution in [0.2, 0.25) is 0 Å². The molecule has 0 radical (unpaired) electrons. The number of nitrogens with one attached hydrogen (secondary N) is 1. The number of hydrogen-bond acceptors (Lipinski definition) is 5. The molecule has 2 rings (SSSR count). The van der Waals surface area contributed by atoms with Crippen LogP contribution in [-0.2, 0) is 14.3 Å². The summed E-state index contributed by atoms with van der Waals surface area (Å²) in [4.78, 5) is 35.3. The molecule has 7 nitrogen and oxygen atoms in total. The number of esters is 1. The number of rotatable bonds is 11. The minimum absolute atomic E-state index is 0.156. The number of imide groups is 1. The summed E-state index contributed by atoms with van der Waals surface area (Å²) < 4.78 is 4.90. The Kier molecular flexibility index (Phi) is 9.28. The lowest BCUT2D eigenvalue weighted by molar-refractivity contribution is -0.143. The van der Waals surface area contributed by atoms with Gasteiger partial charge in [0.15, 0.2) is 0 Å². The van der Waals surface area contributed by atoms with Gasteiger partial charge in [0.1, 0.15) is 6.04 Å². The molecular formula is C20H33N3O4. The Hall–Kier alpha value is -1.92. The number of nitrogens with zero attached hydrogens (tertiary/aromatic N) is 2. The molecule has 1 N–H and O–H groups in total. The lowest BCUT2D eigenvalue weighted by atomic mass is 9.87. The summed E-state index contributed by atoms with van der Waals surface area (Å²) in [6.45, 7) is 2.22. The summed E-state index contributed by atoms with van der Waals surface area (Å²) >= 11 is 0. The molecule has 1 unspecified atom stereocenters. The maximum Gasteiger partial charge on any atom is 0.345 e. The lowest BCUT2D eigenvalue weighted by Crippen LogP contribution is -2.30. The Balaban J connectivity index is 1.68. The van der Waals surface area contributed by atoms with E-state index in [0.717, 1.165) is 32.1 Å². The van der Waals surface area contributed by atoms with Crippen molar-refractivity contribution in [3.63, 3.8) is 0 Å². The molecule has 1 saturated heterocycles. The lowest BCUT2D eigenvalue weighted by Gasteiger charge is -2.20. The first kappa shape index (κ1) is 21.4. The molecule has 152 valence electrons. The zero-order valence-corrected chi connectivity index (χ0v) is 16.5. The van der Waals surface area contributed by atoms with Gasteiger partial charge in [-0.25, -0.2) is 9.80 Å². The van der Waals surface area contributed by atoms with E-state index in [2.05, 4.69) is 10.4 Å². The number of ether oxygens (including phenoxy) is 1. The van der Waals surface area contributed by atoms with E-state index < -0.39 is 12.1 Å². The normalized spacial score (nSPS) is 21.1. The average molecular weight is 380 g/mol. The SMILES string of the molecule is CCOC(=O)CCCCCCC1C(=O)NC(=O)N1/N=C/CC1CCCCC1. The molecule has 7 heteroatoms. The zero-order valence-electron chi connectivity index (χ0n) is 16.5. The summed E-state index contributed by atoms with van der Waals surface area (Å²) in [5, 5.41) is 7.97. The fraction of sp³-hybridized carbons (Fsp3) is 0.800. The third-order valence-corrected chi connectivity index (χ3v) is 5.32. The molecule has 1 saturated carbocycles. The van der Waals surface area contributed by atoms with Crippen LogP contribution in [0.25, 0.3) is 0 Å². The summed E-state index contributed by atoms with van der Waals surface area (Å²) in [5.74, 6) is 0.236. The van der Waals surface area contributed by atoms with E-state index in [1.807, 2.05) is 0 Å². The Morgan fingerprint density at radius 1 is 1.19 bits per heavy atom. The van der Waals surface area contributed by atoms with Crippen LogP contribution in [0.4, 0.5) is 4.79 Å². The Morgan fingerprint density at radius 2 is 1.93 bits per heavy atom. The first-order valence-electron chi connectivity index (χ1n) is 10.4. The smallest absolute Gasteiger partial charge is 0.345 e. The van der Waals surface area contributed by atoms with Crippen molar-refractivity contribution in [2.75, 3.05) is 6.61 Å². The number of carbonyl (C=O) groups excluding carboxylic acids is 3. The highest BCUT2D eigenvalue weighted by atomic mass is 16.5. The molecule has 1 heterocycles. The second-order valence-corrected chi connectivity index (χ2v) is 7.45. The van der Waals surface area contributed by atoms with Gasteiger partial charge in [-0.3, -0.25) is 14.9 Å². The van der Waals surface area contributed by atoms with E-state index in [9.17, 15) is 14.4 Å². The number of unbranched alkanes of at least 4 members (excludes halogenated alkanes) is 3. The van der Waals surface area contributed by atoms with Gasteiger partial charge in [-0.2, -0.15) is 5.10 Å². The number of hydrazone groups is 1. The van der Waals surface area contributed by atoms with Gasteiger partial charge in [-0.05, 0) is 32.1 Å². The minimum Gasteiger partial charge on any atom is -0.466 e. The molecule has 1 aliphatic carbocycles. The van der Waals surface area contributed by atoms with Crippen molar-refractivity contribution >= 4 is 24.1 Å². The van der Waals surface area contributed by atoms with Gasteiger partial charge in [0, 0.05) is 12.6 Å². The number of carbonyl (C=O) groups is 3. The largest absolute Gasteiger partial charge is 0.466 e. The van der Waals surface area contributed by atoms with Crippen molar-refractivity contribution in [1.29, 1.82) is 0 Å². The molecule has 2 fully saturated rings. The van der Waals surface area contributed by atoms with Crippen LogP contribution in [-0.4, -0.2) is 41.8 Å². The van der Waals surface area contributed by atoms with Crippen LogP contribution < -0.4 is 5.32 Å². The Morgan fingerprint density at radius 3 is 2.67 bits per heavy atom.